The molecule has 0 unspecified atom stereocenters. The molecule has 3 heterocycles. The summed E-state index contributed by atoms with van der Waals surface area (Å²) < 4.78 is 30.1. The molecule has 9 heteroatoms. The van der Waals surface area contributed by atoms with Gasteiger partial charge in [-0.15, -0.1) is 0 Å². The predicted octanol–water partition coefficient (Wildman–Crippen LogP) is 3.26. The highest BCUT2D eigenvalue weighted by molar-refractivity contribution is 7.93. The number of aryl methyl sites for hydroxylation is 1. The number of aromatic nitrogens is 2. The van der Waals surface area contributed by atoms with E-state index in [1.165, 1.54) is 8.99 Å². The van der Waals surface area contributed by atoms with Gasteiger partial charge in [-0.3, -0.25) is 18.6 Å². The summed E-state index contributed by atoms with van der Waals surface area (Å²) in [6, 6.07) is 14.5. The summed E-state index contributed by atoms with van der Waals surface area (Å²) in [6.07, 6.45) is 1.99. The third-order valence-corrected chi connectivity index (χ3v) is 8.62. The van der Waals surface area contributed by atoms with Crippen LogP contribution in [-0.2, 0) is 27.8 Å². The standard InChI is InChI=1S/C25H26N4O4S/c1-17-25(34(32,33)29-14-12-19-7-3-4-10-22(19)29)18(2)28(26-17)16-23(30)20-8-5-9-21(15-20)27-13-6-11-24(27)31/h3-5,7-10,15H,6,11-14,16H2,1-2H3. The summed E-state index contributed by atoms with van der Waals surface area (Å²) in [5.41, 5.74) is 3.66. The van der Waals surface area contributed by atoms with Gasteiger partial charge in [-0.2, -0.15) is 5.10 Å². The molecule has 0 spiro atoms. The Labute approximate surface area is 198 Å². The minimum absolute atomic E-state index is 0.0569. The Morgan fingerprint density at radius 2 is 1.82 bits per heavy atom. The summed E-state index contributed by atoms with van der Waals surface area (Å²) in [4.78, 5) is 27.0. The average Bonchev–Trinajstić information content (AvgIpc) is 3.51. The van der Waals surface area contributed by atoms with E-state index in [-0.39, 0.29) is 23.1 Å². The van der Waals surface area contributed by atoms with E-state index in [2.05, 4.69) is 5.10 Å². The molecule has 2 aliphatic heterocycles. The van der Waals surface area contributed by atoms with Gasteiger partial charge in [0.2, 0.25) is 5.91 Å². The van der Waals surface area contributed by atoms with Crippen LogP contribution < -0.4 is 9.21 Å². The highest BCUT2D eigenvalue weighted by atomic mass is 32.2. The molecule has 0 radical (unpaired) electrons. The number of Topliss-reactive ketones (excluding diaryl/α,β-unsaturated/α-hetero) is 1. The summed E-state index contributed by atoms with van der Waals surface area (Å²) in [5.74, 6) is -0.143. The second-order valence-corrected chi connectivity index (χ2v) is 10.5. The van der Waals surface area contributed by atoms with E-state index in [0.717, 1.165) is 12.0 Å². The molecule has 0 bridgehead atoms. The van der Waals surface area contributed by atoms with Crippen molar-refractivity contribution in [3.05, 3.63) is 71.0 Å². The van der Waals surface area contributed by atoms with Crippen molar-refractivity contribution in [1.29, 1.82) is 0 Å². The lowest BCUT2D eigenvalue weighted by Gasteiger charge is -2.19. The zero-order valence-corrected chi connectivity index (χ0v) is 20.0. The van der Waals surface area contributed by atoms with Gasteiger partial charge in [0.1, 0.15) is 11.4 Å². The maximum atomic E-state index is 13.6. The molecular formula is C25H26N4O4S. The molecule has 2 aliphatic rings. The summed E-state index contributed by atoms with van der Waals surface area (Å²) in [7, 11) is -3.82. The molecule has 1 fully saturated rings. The van der Waals surface area contributed by atoms with Crippen molar-refractivity contribution >= 4 is 33.1 Å². The topological polar surface area (TPSA) is 92.6 Å². The molecule has 2 aromatic carbocycles. The largest absolute Gasteiger partial charge is 0.312 e. The highest BCUT2D eigenvalue weighted by Crippen LogP contribution is 2.34. The number of sulfonamides is 1. The van der Waals surface area contributed by atoms with E-state index in [9.17, 15) is 18.0 Å². The van der Waals surface area contributed by atoms with Crippen LogP contribution in [0.1, 0.15) is 40.2 Å². The Morgan fingerprint density at radius 3 is 2.59 bits per heavy atom. The maximum absolute atomic E-state index is 13.6. The quantitative estimate of drug-likeness (QED) is 0.507. The number of fused-ring (bicyclic) bond motifs is 1. The van der Waals surface area contributed by atoms with E-state index in [1.807, 2.05) is 30.3 Å². The smallest absolute Gasteiger partial charge is 0.268 e. The number of carbonyl (C=O) groups is 2. The van der Waals surface area contributed by atoms with Crippen LogP contribution in [0.25, 0.3) is 0 Å². The Kier molecular flexibility index (Phi) is 5.51. The van der Waals surface area contributed by atoms with Gasteiger partial charge < -0.3 is 4.90 Å². The van der Waals surface area contributed by atoms with Crippen molar-refractivity contribution < 1.29 is 18.0 Å². The van der Waals surface area contributed by atoms with Crippen LogP contribution in [0.15, 0.2) is 53.4 Å². The number of para-hydroxylation sites is 1. The molecule has 34 heavy (non-hydrogen) atoms. The number of ketones is 1. The van der Waals surface area contributed by atoms with Crippen LogP contribution >= 0.6 is 0 Å². The fourth-order valence-electron chi connectivity index (χ4n) is 4.87. The first-order valence-corrected chi connectivity index (χ1v) is 12.8. The molecule has 0 aliphatic carbocycles. The van der Waals surface area contributed by atoms with Gasteiger partial charge in [-0.05, 0) is 50.5 Å². The minimum Gasteiger partial charge on any atom is -0.312 e. The Morgan fingerprint density at radius 1 is 1.03 bits per heavy atom. The number of anilines is 2. The normalized spacial score (nSPS) is 15.8. The van der Waals surface area contributed by atoms with E-state index in [4.69, 9.17) is 0 Å². The molecule has 0 N–H and O–H groups in total. The van der Waals surface area contributed by atoms with Crippen LogP contribution in [0.3, 0.4) is 0 Å². The molecule has 3 aromatic rings. The molecule has 8 nitrogen and oxygen atoms in total. The average molecular weight is 479 g/mol. The first kappa shape index (κ1) is 22.3. The van der Waals surface area contributed by atoms with Crippen LogP contribution in [0.5, 0.6) is 0 Å². The van der Waals surface area contributed by atoms with E-state index >= 15 is 0 Å². The second-order valence-electron chi connectivity index (χ2n) is 8.74. The molecular weight excluding hydrogens is 452 g/mol. The molecule has 0 saturated carbocycles. The molecule has 176 valence electrons. The minimum atomic E-state index is -3.82. The summed E-state index contributed by atoms with van der Waals surface area (Å²) in [6.45, 7) is 4.28. The van der Waals surface area contributed by atoms with Gasteiger partial charge in [-0.25, -0.2) is 8.42 Å². The van der Waals surface area contributed by atoms with Crippen LogP contribution in [-0.4, -0.2) is 43.0 Å². The third kappa shape index (κ3) is 3.69. The molecule has 0 atom stereocenters. The van der Waals surface area contributed by atoms with Crippen LogP contribution in [0.4, 0.5) is 11.4 Å². The third-order valence-electron chi connectivity index (χ3n) is 6.55. The van der Waals surface area contributed by atoms with Crippen LogP contribution in [0, 0.1) is 13.8 Å². The summed E-state index contributed by atoms with van der Waals surface area (Å²) in [5, 5.41) is 4.41. The molecule has 1 amide bonds. The summed E-state index contributed by atoms with van der Waals surface area (Å²) >= 11 is 0. The second kappa shape index (κ2) is 8.39. The van der Waals surface area contributed by atoms with Crippen molar-refractivity contribution in [2.24, 2.45) is 0 Å². The fraction of sp³-hybridized carbons (Fsp3) is 0.320. The fourth-order valence-corrected chi connectivity index (χ4v) is 6.75. The van der Waals surface area contributed by atoms with Crippen molar-refractivity contribution in [3.63, 3.8) is 0 Å². The highest BCUT2D eigenvalue weighted by Gasteiger charge is 2.35. The number of hydrogen-bond donors (Lipinski definition) is 0. The Balaban J connectivity index is 1.42. The number of benzene rings is 2. The van der Waals surface area contributed by atoms with E-state index in [0.29, 0.717) is 54.3 Å². The van der Waals surface area contributed by atoms with Crippen LogP contribution in [0.2, 0.25) is 0 Å². The van der Waals surface area contributed by atoms with Gasteiger partial charge in [0.05, 0.1) is 17.1 Å². The predicted molar refractivity (Wildman–Crippen MR) is 129 cm³/mol. The van der Waals surface area contributed by atoms with E-state index < -0.39 is 10.0 Å². The zero-order valence-electron chi connectivity index (χ0n) is 19.2. The SMILES string of the molecule is Cc1nn(CC(=O)c2cccc(N3CCCC3=O)c2)c(C)c1S(=O)(=O)N1CCc2ccccc21. The first-order chi connectivity index (χ1) is 16.3. The lowest BCUT2D eigenvalue weighted by Crippen LogP contribution is -2.30. The molecule has 5 rings (SSSR count). The van der Waals surface area contributed by atoms with Crippen molar-refractivity contribution in [2.45, 2.75) is 44.6 Å². The lowest BCUT2D eigenvalue weighted by atomic mass is 10.1. The van der Waals surface area contributed by atoms with Gasteiger partial charge in [0.25, 0.3) is 10.0 Å². The Bertz CT molecular complexity index is 1410. The van der Waals surface area contributed by atoms with Crippen molar-refractivity contribution in [1.82, 2.24) is 9.78 Å². The molecule has 1 aromatic heterocycles. The van der Waals surface area contributed by atoms with Gasteiger partial charge in [0.15, 0.2) is 5.78 Å². The van der Waals surface area contributed by atoms with Gasteiger partial charge in [-0.1, -0.05) is 30.3 Å². The number of rotatable bonds is 6. The van der Waals surface area contributed by atoms with Crippen molar-refractivity contribution in [2.75, 3.05) is 22.3 Å². The monoisotopic (exact) mass is 478 g/mol. The maximum Gasteiger partial charge on any atom is 0.268 e. The lowest BCUT2D eigenvalue weighted by molar-refractivity contribution is -0.117. The molecule has 1 saturated heterocycles. The van der Waals surface area contributed by atoms with Gasteiger partial charge in [0, 0.05) is 30.8 Å². The van der Waals surface area contributed by atoms with E-state index in [1.54, 1.807) is 36.9 Å². The first-order valence-electron chi connectivity index (χ1n) is 11.4. The Hall–Kier alpha value is -3.46. The zero-order chi connectivity index (χ0) is 24.0. The number of nitrogens with zero attached hydrogens (tertiary/aromatic N) is 4. The van der Waals surface area contributed by atoms with Crippen molar-refractivity contribution in [3.8, 4) is 0 Å². The number of carbonyl (C=O) groups excluding carboxylic acids is 2. The number of amides is 1. The number of hydrogen-bond acceptors (Lipinski definition) is 5. The van der Waals surface area contributed by atoms with Gasteiger partial charge >= 0.3 is 0 Å².